The van der Waals surface area contributed by atoms with E-state index in [1.54, 1.807) is 0 Å². The number of aryl methyl sites for hydroxylation is 1. The van der Waals surface area contributed by atoms with Crippen LogP contribution in [-0.2, 0) is 0 Å². The molecule has 0 saturated carbocycles. The minimum atomic E-state index is 0.973. The Morgan fingerprint density at radius 2 is 1.33 bits per heavy atom. The van der Waals surface area contributed by atoms with E-state index in [0.29, 0.717) is 0 Å². The van der Waals surface area contributed by atoms with Crippen molar-refractivity contribution in [2.24, 2.45) is 0 Å². The van der Waals surface area contributed by atoms with Gasteiger partial charge in [-0.2, -0.15) is 0 Å². The van der Waals surface area contributed by atoms with Crippen LogP contribution in [0.25, 0.3) is 16.0 Å². The van der Waals surface area contributed by atoms with Gasteiger partial charge < -0.3 is 4.90 Å². The summed E-state index contributed by atoms with van der Waals surface area (Å²) in [6, 6.07) is 27.9. The van der Waals surface area contributed by atoms with Gasteiger partial charge in [0.15, 0.2) is 0 Å². The van der Waals surface area contributed by atoms with Crippen molar-refractivity contribution in [1.29, 1.82) is 0 Å². The lowest BCUT2D eigenvalue weighted by Crippen LogP contribution is -2.11. The summed E-state index contributed by atoms with van der Waals surface area (Å²) >= 11 is 1.90. The molecule has 0 amide bonds. The lowest BCUT2D eigenvalue weighted by atomic mass is 10.0. The highest BCUT2D eigenvalue weighted by Crippen LogP contribution is 2.38. The minimum Gasteiger partial charge on any atom is -0.337 e. The van der Waals surface area contributed by atoms with E-state index in [1.165, 1.54) is 32.8 Å². The molecule has 0 aromatic heterocycles. The molecule has 24 heavy (non-hydrogen) atoms. The van der Waals surface area contributed by atoms with Crippen LogP contribution in [0.1, 0.15) is 11.1 Å². The fourth-order valence-corrected chi connectivity index (χ4v) is 3.99. The van der Waals surface area contributed by atoms with E-state index in [0.717, 1.165) is 5.88 Å². The molecule has 0 atom stereocenters. The number of hydrogen-bond donors (Lipinski definition) is 0. The van der Waals surface area contributed by atoms with Gasteiger partial charge in [-0.05, 0) is 35.2 Å². The predicted octanol–water partition coefficient (Wildman–Crippen LogP) is 6.17. The molecule has 0 N–H and O–H groups in total. The molecule has 0 aliphatic carbocycles. The van der Waals surface area contributed by atoms with E-state index < -0.39 is 0 Å². The Kier molecular flexibility index (Phi) is 4.14. The fourth-order valence-electron chi connectivity index (χ4n) is 3.00. The second kappa shape index (κ2) is 6.58. The number of rotatable bonds is 3. The molecule has 1 aliphatic rings. The molecule has 3 aromatic rings. The lowest BCUT2D eigenvalue weighted by molar-refractivity contribution is 1.17. The van der Waals surface area contributed by atoms with Gasteiger partial charge in [0, 0.05) is 16.8 Å². The van der Waals surface area contributed by atoms with Crippen molar-refractivity contribution in [1.82, 2.24) is 0 Å². The molecule has 1 aliphatic heterocycles. The summed E-state index contributed by atoms with van der Waals surface area (Å²) < 4.78 is 0. The summed E-state index contributed by atoms with van der Waals surface area (Å²) in [5, 5.41) is 0. The number of thioether (sulfide) groups is 1. The van der Waals surface area contributed by atoms with Gasteiger partial charge in [0.25, 0.3) is 0 Å². The first-order chi connectivity index (χ1) is 11.8. The van der Waals surface area contributed by atoms with Crippen LogP contribution in [0.2, 0.25) is 0 Å². The van der Waals surface area contributed by atoms with Gasteiger partial charge in [-0.15, -0.1) is 11.8 Å². The molecule has 3 aromatic carbocycles. The molecule has 0 fully saturated rings. The van der Waals surface area contributed by atoms with E-state index in [1.807, 2.05) is 11.8 Å². The second-order valence-corrected chi connectivity index (χ2v) is 6.95. The van der Waals surface area contributed by atoms with Crippen LogP contribution in [0, 0.1) is 6.92 Å². The number of hydrogen-bond acceptors (Lipinski definition) is 2. The van der Waals surface area contributed by atoms with Crippen LogP contribution in [0.15, 0.2) is 85.1 Å². The van der Waals surface area contributed by atoms with E-state index in [9.17, 15) is 0 Å². The molecule has 1 nitrogen and oxygen atoms in total. The first-order valence-corrected chi connectivity index (χ1v) is 9.12. The van der Waals surface area contributed by atoms with Crippen LogP contribution < -0.4 is 4.90 Å². The third-order valence-electron chi connectivity index (χ3n) is 4.33. The molecule has 0 saturated heterocycles. The number of para-hydroxylation sites is 1. The quantitative estimate of drug-likeness (QED) is 0.565. The molecule has 118 valence electrons. The smallest absolute Gasteiger partial charge is 0.0730 e. The van der Waals surface area contributed by atoms with E-state index in [2.05, 4.69) is 96.9 Å². The summed E-state index contributed by atoms with van der Waals surface area (Å²) in [7, 11) is 0. The van der Waals surface area contributed by atoms with Crippen LogP contribution >= 0.6 is 11.8 Å². The molecule has 2 heteroatoms. The van der Waals surface area contributed by atoms with Crippen LogP contribution in [-0.4, -0.2) is 5.88 Å². The van der Waals surface area contributed by atoms with Gasteiger partial charge in [-0.3, -0.25) is 0 Å². The van der Waals surface area contributed by atoms with Crippen LogP contribution in [0.3, 0.4) is 0 Å². The maximum atomic E-state index is 2.33. The van der Waals surface area contributed by atoms with Crippen LogP contribution in [0.5, 0.6) is 0 Å². The van der Waals surface area contributed by atoms with Crippen molar-refractivity contribution in [3.8, 4) is 11.1 Å². The molecular formula is C22H19NS. The fraction of sp³-hybridized carbons (Fsp3) is 0.0909. The maximum absolute atomic E-state index is 2.33. The maximum Gasteiger partial charge on any atom is 0.0730 e. The second-order valence-electron chi connectivity index (χ2n) is 5.97. The Bertz CT molecular complexity index is 866. The highest BCUT2D eigenvalue weighted by molar-refractivity contribution is 8.08. The molecule has 1 heterocycles. The largest absolute Gasteiger partial charge is 0.337 e. The Morgan fingerprint density at radius 1 is 0.708 bits per heavy atom. The molecule has 4 rings (SSSR count). The number of benzene rings is 3. The minimum absolute atomic E-state index is 0.973. The SMILES string of the molecule is Cc1ccccc1N1C=C(c2ccc(-c3ccccc3)cc2)SC1. The van der Waals surface area contributed by atoms with Gasteiger partial charge in [-0.1, -0.05) is 72.8 Å². The van der Waals surface area contributed by atoms with Crippen molar-refractivity contribution >= 4 is 22.4 Å². The zero-order chi connectivity index (χ0) is 16.4. The average molecular weight is 329 g/mol. The Labute approximate surface area is 147 Å². The molecule has 0 unspecified atom stereocenters. The van der Waals surface area contributed by atoms with E-state index >= 15 is 0 Å². The third kappa shape index (κ3) is 2.98. The molecule has 0 spiro atoms. The first-order valence-electron chi connectivity index (χ1n) is 8.14. The van der Waals surface area contributed by atoms with Crippen molar-refractivity contribution < 1.29 is 0 Å². The third-order valence-corrected chi connectivity index (χ3v) is 5.39. The predicted molar refractivity (Wildman–Crippen MR) is 106 cm³/mol. The summed E-state index contributed by atoms with van der Waals surface area (Å²) in [6.45, 7) is 2.17. The number of nitrogens with zero attached hydrogens (tertiary/aromatic N) is 1. The van der Waals surface area contributed by atoms with E-state index in [4.69, 9.17) is 0 Å². The molecule has 0 bridgehead atoms. The van der Waals surface area contributed by atoms with Crippen molar-refractivity contribution in [2.75, 3.05) is 10.8 Å². The van der Waals surface area contributed by atoms with Crippen LogP contribution in [0.4, 0.5) is 5.69 Å². The molecular weight excluding hydrogens is 310 g/mol. The zero-order valence-electron chi connectivity index (χ0n) is 13.6. The Morgan fingerprint density at radius 3 is 2.08 bits per heavy atom. The summed E-state index contributed by atoms with van der Waals surface area (Å²) in [5.41, 5.74) is 6.42. The monoisotopic (exact) mass is 329 g/mol. The standard InChI is InChI=1S/C22H19NS/c1-17-7-5-6-10-21(17)23-15-22(24-16-23)20-13-11-19(12-14-20)18-8-3-2-4-9-18/h2-15H,16H2,1H3. The Balaban J connectivity index is 1.59. The number of anilines is 1. The van der Waals surface area contributed by atoms with Crippen molar-refractivity contribution in [2.45, 2.75) is 6.92 Å². The Hall–Kier alpha value is -2.45. The van der Waals surface area contributed by atoms with Gasteiger partial charge in [0.05, 0.1) is 5.88 Å². The topological polar surface area (TPSA) is 3.24 Å². The zero-order valence-corrected chi connectivity index (χ0v) is 14.5. The normalized spacial score (nSPS) is 13.9. The summed E-state index contributed by atoms with van der Waals surface area (Å²) in [6.07, 6.45) is 2.27. The van der Waals surface area contributed by atoms with Gasteiger partial charge >= 0.3 is 0 Å². The highest BCUT2D eigenvalue weighted by Gasteiger charge is 2.17. The van der Waals surface area contributed by atoms with E-state index in [-0.39, 0.29) is 0 Å². The average Bonchev–Trinajstić information content (AvgIpc) is 3.13. The molecule has 0 radical (unpaired) electrons. The highest BCUT2D eigenvalue weighted by atomic mass is 32.2. The summed E-state index contributed by atoms with van der Waals surface area (Å²) in [5.74, 6) is 0.973. The van der Waals surface area contributed by atoms with Crippen molar-refractivity contribution in [3.63, 3.8) is 0 Å². The van der Waals surface area contributed by atoms with Crippen molar-refractivity contribution in [3.05, 3.63) is 96.2 Å². The summed E-state index contributed by atoms with van der Waals surface area (Å²) in [4.78, 5) is 3.67. The van der Waals surface area contributed by atoms with Gasteiger partial charge in [0.1, 0.15) is 0 Å². The first kappa shape index (κ1) is 15.1. The van der Waals surface area contributed by atoms with Gasteiger partial charge in [0.2, 0.25) is 0 Å². The lowest BCUT2D eigenvalue weighted by Gasteiger charge is -2.16. The van der Waals surface area contributed by atoms with Gasteiger partial charge in [-0.25, -0.2) is 0 Å².